The Kier molecular flexibility index (Phi) is 3.32. The molecule has 3 N–H and O–H groups in total. The van der Waals surface area contributed by atoms with Crippen molar-refractivity contribution in [3.05, 3.63) is 48.8 Å². The fourth-order valence-corrected chi connectivity index (χ4v) is 3.25. The van der Waals surface area contributed by atoms with Gasteiger partial charge in [-0.05, 0) is 41.9 Å². The maximum Gasteiger partial charge on any atom is 0.140 e. The summed E-state index contributed by atoms with van der Waals surface area (Å²) in [5.74, 6) is 1.11. The van der Waals surface area contributed by atoms with E-state index in [4.69, 9.17) is 0 Å². The second-order valence-electron chi connectivity index (χ2n) is 6.28. The molecule has 1 unspecified atom stereocenters. The predicted molar refractivity (Wildman–Crippen MR) is 89.3 cm³/mol. The number of hydrogen-bond acceptors (Lipinski definition) is 4. The van der Waals surface area contributed by atoms with Gasteiger partial charge in [-0.25, -0.2) is 4.98 Å². The van der Waals surface area contributed by atoms with E-state index >= 15 is 0 Å². The molecular weight excluding hydrogens is 290 g/mol. The van der Waals surface area contributed by atoms with Gasteiger partial charge in [-0.2, -0.15) is 0 Å². The van der Waals surface area contributed by atoms with Crippen LogP contribution < -0.4 is 5.32 Å². The van der Waals surface area contributed by atoms with E-state index in [1.165, 1.54) is 0 Å². The van der Waals surface area contributed by atoms with E-state index in [1.807, 2.05) is 29.0 Å². The van der Waals surface area contributed by atoms with Crippen molar-refractivity contribution in [2.45, 2.75) is 18.6 Å². The molecule has 0 amide bonds. The topological polar surface area (TPSA) is 70.3 Å². The van der Waals surface area contributed by atoms with Crippen molar-refractivity contribution in [1.29, 1.82) is 0 Å². The average molecular weight is 309 g/mol. The molecule has 1 aliphatic heterocycles. The minimum atomic E-state index is -0.710. The third kappa shape index (κ3) is 2.69. The van der Waals surface area contributed by atoms with Crippen LogP contribution in [0, 0.1) is 0 Å². The number of phenols is 1. The highest BCUT2D eigenvalue weighted by molar-refractivity contribution is 5.87. The molecule has 0 radical (unpaired) electrons. The van der Waals surface area contributed by atoms with Crippen molar-refractivity contribution >= 4 is 10.8 Å². The normalized spacial score (nSPS) is 21.1. The van der Waals surface area contributed by atoms with Crippen molar-refractivity contribution in [1.82, 2.24) is 14.9 Å². The molecule has 5 heteroatoms. The van der Waals surface area contributed by atoms with Gasteiger partial charge in [0.25, 0.3) is 0 Å². The van der Waals surface area contributed by atoms with Crippen molar-refractivity contribution in [3.63, 3.8) is 0 Å². The first kappa shape index (κ1) is 14.2. The number of aromatic nitrogens is 2. The number of fused-ring (bicyclic) bond motifs is 1. The number of nitrogens with zero attached hydrogens (tertiary/aromatic N) is 2. The van der Waals surface area contributed by atoms with E-state index in [2.05, 4.69) is 16.4 Å². The van der Waals surface area contributed by atoms with Gasteiger partial charge in [-0.15, -0.1) is 0 Å². The Bertz CT molecular complexity index is 850. The lowest BCUT2D eigenvalue weighted by Gasteiger charge is -2.23. The van der Waals surface area contributed by atoms with Gasteiger partial charge in [0.15, 0.2) is 0 Å². The molecule has 0 aliphatic carbocycles. The molecule has 0 spiro atoms. The zero-order valence-corrected chi connectivity index (χ0v) is 12.7. The smallest absolute Gasteiger partial charge is 0.140 e. The lowest BCUT2D eigenvalue weighted by molar-refractivity contribution is 0.0436. The predicted octanol–water partition coefficient (Wildman–Crippen LogP) is 2.13. The Balaban J connectivity index is 1.71. The first-order chi connectivity index (χ1) is 11.1. The number of imidazole rings is 1. The summed E-state index contributed by atoms with van der Waals surface area (Å²) in [6, 6.07) is 11.4. The van der Waals surface area contributed by atoms with Crippen LogP contribution in [0.2, 0.25) is 0 Å². The van der Waals surface area contributed by atoms with E-state index in [0.717, 1.165) is 35.1 Å². The Labute approximate surface area is 134 Å². The molecule has 1 atom stereocenters. The highest BCUT2D eigenvalue weighted by Gasteiger charge is 2.32. The average Bonchev–Trinajstić information content (AvgIpc) is 3.16. The first-order valence-corrected chi connectivity index (χ1v) is 7.80. The van der Waals surface area contributed by atoms with E-state index in [-0.39, 0.29) is 5.75 Å². The van der Waals surface area contributed by atoms with Crippen LogP contribution in [0.5, 0.6) is 5.75 Å². The summed E-state index contributed by atoms with van der Waals surface area (Å²) in [7, 11) is 0. The molecule has 3 aromatic rings. The third-order valence-corrected chi connectivity index (χ3v) is 4.48. The van der Waals surface area contributed by atoms with Crippen LogP contribution >= 0.6 is 0 Å². The Hall–Kier alpha value is -2.37. The number of β-amino-alcohol motifs (C(OH)–C–C–N with tert-alkyl or cyclic N) is 1. The second-order valence-corrected chi connectivity index (χ2v) is 6.28. The summed E-state index contributed by atoms with van der Waals surface area (Å²) in [6.45, 7) is 1.99. The van der Waals surface area contributed by atoms with E-state index in [9.17, 15) is 10.2 Å². The third-order valence-electron chi connectivity index (χ3n) is 4.48. The molecule has 2 aromatic carbocycles. The molecule has 0 bridgehead atoms. The van der Waals surface area contributed by atoms with Gasteiger partial charge in [-0.1, -0.05) is 18.2 Å². The fourth-order valence-electron chi connectivity index (χ4n) is 3.25. The molecule has 0 saturated carbocycles. The van der Waals surface area contributed by atoms with Gasteiger partial charge in [-0.3, -0.25) is 0 Å². The van der Waals surface area contributed by atoms with Crippen LogP contribution in [-0.2, 0) is 6.54 Å². The van der Waals surface area contributed by atoms with Crippen molar-refractivity contribution in [2.75, 3.05) is 13.1 Å². The number of benzene rings is 2. The van der Waals surface area contributed by atoms with Gasteiger partial charge < -0.3 is 20.1 Å². The number of hydrogen-bond donors (Lipinski definition) is 3. The standard InChI is InChI=1S/C18H19N3O2/c22-16-4-3-13-9-15(2-1-14(13)10-16)17-20-7-8-21(17)12-18(23)5-6-19-11-18/h1-4,7-10,19,22-23H,5-6,11-12H2. The Morgan fingerprint density at radius 1 is 1.17 bits per heavy atom. The highest BCUT2D eigenvalue weighted by Crippen LogP contribution is 2.27. The van der Waals surface area contributed by atoms with Crippen molar-refractivity contribution in [3.8, 4) is 17.1 Å². The maximum atomic E-state index is 10.6. The van der Waals surface area contributed by atoms with Crippen LogP contribution in [-0.4, -0.2) is 38.5 Å². The molecule has 23 heavy (non-hydrogen) atoms. The molecule has 1 fully saturated rings. The van der Waals surface area contributed by atoms with Crippen LogP contribution in [0.3, 0.4) is 0 Å². The van der Waals surface area contributed by atoms with E-state index in [0.29, 0.717) is 13.1 Å². The summed E-state index contributed by atoms with van der Waals surface area (Å²) in [4.78, 5) is 4.47. The Morgan fingerprint density at radius 3 is 2.83 bits per heavy atom. The molecule has 4 rings (SSSR count). The van der Waals surface area contributed by atoms with Gasteiger partial charge in [0.1, 0.15) is 11.6 Å². The monoisotopic (exact) mass is 309 g/mol. The summed E-state index contributed by atoms with van der Waals surface area (Å²) in [5.41, 5.74) is 0.292. The Morgan fingerprint density at radius 2 is 2.00 bits per heavy atom. The number of nitrogens with one attached hydrogen (secondary N) is 1. The number of aliphatic hydroxyl groups is 1. The second kappa shape index (κ2) is 5.37. The molecule has 2 heterocycles. The van der Waals surface area contributed by atoms with Gasteiger partial charge >= 0.3 is 0 Å². The maximum absolute atomic E-state index is 10.6. The van der Waals surface area contributed by atoms with Gasteiger partial charge in [0.2, 0.25) is 0 Å². The van der Waals surface area contributed by atoms with E-state index < -0.39 is 5.60 Å². The van der Waals surface area contributed by atoms with Gasteiger partial charge in [0, 0.05) is 24.5 Å². The minimum Gasteiger partial charge on any atom is -0.508 e. The molecule has 5 nitrogen and oxygen atoms in total. The van der Waals surface area contributed by atoms with Crippen LogP contribution in [0.1, 0.15) is 6.42 Å². The zero-order valence-electron chi connectivity index (χ0n) is 12.7. The number of rotatable bonds is 3. The summed E-state index contributed by atoms with van der Waals surface area (Å²) in [6.07, 6.45) is 4.43. The van der Waals surface area contributed by atoms with Crippen LogP contribution in [0.25, 0.3) is 22.2 Å². The lowest BCUT2D eigenvalue weighted by atomic mass is 10.0. The molecule has 1 saturated heterocycles. The molecule has 1 aliphatic rings. The molecular formula is C18H19N3O2. The largest absolute Gasteiger partial charge is 0.508 e. The summed E-state index contributed by atoms with van der Waals surface area (Å²) >= 11 is 0. The lowest BCUT2D eigenvalue weighted by Crippen LogP contribution is -2.36. The quantitative estimate of drug-likeness (QED) is 0.693. The first-order valence-electron chi connectivity index (χ1n) is 7.80. The zero-order chi connectivity index (χ0) is 15.9. The fraction of sp³-hybridized carbons (Fsp3) is 0.278. The number of aromatic hydroxyl groups is 1. The molecule has 1 aromatic heterocycles. The van der Waals surface area contributed by atoms with Crippen LogP contribution in [0.4, 0.5) is 0 Å². The highest BCUT2D eigenvalue weighted by atomic mass is 16.3. The van der Waals surface area contributed by atoms with Gasteiger partial charge in [0.05, 0.1) is 12.1 Å². The van der Waals surface area contributed by atoms with Crippen LogP contribution in [0.15, 0.2) is 48.8 Å². The summed E-state index contributed by atoms with van der Waals surface area (Å²) < 4.78 is 2.01. The molecule has 118 valence electrons. The van der Waals surface area contributed by atoms with E-state index in [1.54, 1.807) is 18.3 Å². The number of phenolic OH excluding ortho intramolecular Hbond substituents is 1. The van der Waals surface area contributed by atoms with Crippen molar-refractivity contribution in [2.24, 2.45) is 0 Å². The SMILES string of the molecule is Oc1ccc2cc(-c3nccn3CC3(O)CCNC3)ccc2c1. The van der Waals surface area contributed by atoms with Crippen molar-refractivity contribution < 1.29 is 10.2 Å². The minimum absolute atomic E-state index is 0.266. The summed E-state index contributed by atoms with van der Waals surface area (Å²) in [5, 5.41) is 25.4.